The predicted molar refractivity (Wildman–Crippen MR) is 168 cm³/mol. The van der Waals surface area contributed by atoms with E-state index in [1.807, 2.05) is 24.3 Å². The third kappa shape index (κ3) is 7.48. The summed E-state index contributed by atoms with van der Waals surface area (Å²) < 4.78 is 44.6. The summed E-state index contributed by atoms with van der Waals surface area (Å²) >= 11 is 0. The molecule has 1 fully saturated rings. The number of unbranched alkanes of at least 4 members (excludes halogenated alkanes) is 3. The first-order chi connectivity index (χ1) is 20.8. The van der Waals surface area contributed by atoms with Crippen LogP contribution in [-0.4, -0.2) is 37.1 Å². The molecule has 0 amide bonds. The molecule has 43 heavy (non-hydrogen) atoms. The fourth-order valence-electron chi connectivity index (χ4n) is 6.16. The first-order valence-corrected chi connectivity index (χ1v) is 15.5. The summed E-state index contributed by atoms with van der Waals surface area (Å²) in [6, 6.07) is 23.4. The number of piperidine rings is 1. The lowest BCUT2D eigenvalue weighted by Crippen LogP contribution is -2.33. The Bertz CT molecular complexity index is 1520. The number of nitrogens with zero attached hydrogens (tertiary/aromatic N) is 1. The molecule has 0 radical (unpaired) electrons. The van der Waals surface area contributed by atoms with Crippen LogP contribution in [0.1, 0.15) is 79.8 Å². The number of ether oxygens (including phenoxy) is 1. The monoisotopic (exact) mass is 587 g/mol. The second kappa shape index (κ2) is 13.8. The van der Waals surface area contributed by atoms with E-state index in [4.69, 9.17) is 4.74 Å². The van der Waals surface area contributed by atoms with Crippen molar-refractivity contribution in [2.24, 2.45) is 0 Å². The van der Waals surface area contributed by atoms with Crippen LogP contribution in [0.5, 0.6) is 0 Å². The molecule has 1 aliphatic heterocycles. The summed E-state index contributed by atoms with van der Waals surface area (Å²) in [5.41, 5.74) is 4.51. The Morgan fingerprint density at radius 2 is 1.49 bits per heavy atom. The van der Waals surface area contributed by atoms with Gasteiger partial charge in [-0.3, -0.25) is 0 Å². The smallest absolute Gasteiger partial charge is 0.416 e. The lowest BCUT2D eigenvalue weighted by molar-refractivity contribution is -0.137. The van der Waals surface area contributed by atoms with Gasteiger partial charge in [-0.1, -0.05) is 74.7 Å². The largest absolute Gasteiger partial charge is 0.462 e. The Morgan fingerprint density at radius 3 is 2.14 bits per heavy atom. The van der Waals surface area contributed by atoms with Gasteiger partial charge in [0.05, 0.1) is 17.7 Å². The lowest BCUT2D eigenvalue weighted by atomic mass is 9.87. The zero-order valence-electron chi connectivity index (χ0n) is 25.1. The van der Waals surface area contributed by atoms with Gasteiger partial charge in [-0.2, -0.15) is 13.2 Å². The van der Waals surface area contributed by atoms with Crippen LogP contribution >= 0.6 is 0 Å². The molecular formula is C37H40F3NO2. The normalized spacial score (nSPS) is 14.7. The summed E-state index contributed by atoms with van der Waals surface area (Å²) in [5, 5.41) is 1.79. The second-order valence-electron chi connectivity index (χ2n) is 11.6. The molecule has 0 aromatic heterocycles. The van der Waals surface area contributed by atoms with Gasteiger partial charge >= 0.3 is 12.1 Å². The van der Waals surface area contributed by atoms with Crippen molar-refractivity contribution in [2.75, 3.05) is 26.2 Å². The second-order valence-corrected chi connectivity index (χ2v) is 11.6. The highest BCUT2D eigenvalue weighted by Crippen LogP contribution is 2.36. The number of fused-ring (bicyclic) bond motifs is 1. The number of hydrogen-bond donors (Lipinski definition) is 0. The summed E-state index contributed by atoms with van der Waals surface area (Å²) in [6.07, 6.45) is 3.15. The molecular weight excluding hydrogens is 547 g/mol. The summed E-state index contributed by atoms with van der Waals surface area (Å²) in [5.74, 6) is 0.151. The Hall–Kier alpha value is -3.64. The molecule has 0 atom stereocenters. The molecule has 0 unspecified atom stereocenters. The van der Waals surface area contributed by atoms with E-state index in [1.165, 1.54) is 62.8 Å². The minimum Gasteiger partial charge on any atom is -0.462 e. The van der Waals surface area contributed by atoms with Crippen LogP contribution in [0, 0.1) is 0 Å². The molecule has 1 saturated heterocycles. The maximum atomic E-state index is 13.1. The molecule has 0 spiro atoms. The molecule has 6 heteroatoms. The molecule has 226 valence electrons. The molecule has 4 aromatic rings. The molecule has 0 saturated carbocycles. The van der Waals surface area contributed by atoms with Gasteiger partial charge < -0.3 is 9.64 Å². The Balaban J connectivity index is 1.40. The maximum absolute atomic E-state index is 13.1. The number of esters is 1. The van der Waals surface area contributed by atoms with E-state index < -0.39 is 17.7 Å². The minimum absolute atomic E-state index is 0.268. The Kier molecular flexibility index (Phi) is 9.86. The van der Waals surface area contributed by atoms with Crippen molar-refractivity contribution in [2.45, 2.75) is 64.5 Å². The van der Waals surface area contributed by atoms with E-state index in [9.17, 15) is 18.0 Å². The third-order valence-corrected chi connectivity index (χ3v) is 8.62. The fourth-order valence-corrected chi connectivity index (χ4v) is 6.16. The summed E-state index contributed by atoms with van der Waals surface area (Å²) in [6.45, 7) is 7.79. The highest BCUT2D eigenvalue weighted by atomic mass is 19.4. The van der Waals surface area contributed by atoms with E-state index in [1.54, 1.807) is 13.0 Å². The van der Waals surface area contributed by atoms with Crippen LogP contribution in [0.15, 0.2) is 78.9 Å². The zero-order valence-corrected chi connectivity index (χ0v) is 25.1. The van der Waals surface area contributed by atoms with Crippen LogP contribution in [0.25, 0.3) is 33.0 Å². The van der Waals surface area contributed by atoms with Crippen molar-refractivity contribution in [3.8, 4) is 22.3 Å². The van der Waals surface area contributed by atoms with Crippen LogP contribution in [0.2, 0.25) is 0 Å². The van der Waals surface area contributed by atoms with E-state index >= 15 is 0 Å². The maximum Gasteiger partial charge on any atom is 0.416 e. The summed E-state index contributed by atoms with van der Waals surface area (Å²) in [7, 11) is 0. The van der Waals surface area contributed by atoms with Crippen molar-refractivity contribution in [3.05, 3.63) is 95.6 Å². The van der Waals surface area contributed by atoms with Gasteiger partial charge in [0, 0.05) is 0 Å². The number of benzene rings is 4. The van der Waals surface area contributed by atoms with Gasteiger partial charge in [0.25, 0.3) is 0 Å². The first kappa shape index (κ1) is 30.8. The van der Waals surface area contributed by atoms with Crippen LogP contribution in [0.4, 0.5) is 13.2 Å². The lowest BCUT2D eigenvalue weighted by Gasteiger charge is -2.32. The van der Waals surface area contributed by atoms with E-state index in [0.29, 0.717) is 17.0 Å². The van der Waals surface area contributed by atoms with Gasteiger partial charge in [-0.25, -0.2) is 4.79 Å². The molecule has 4 aromatic carbocycles. The number of hydrogen-bond acceptors (Lipinski definition) is 3. The SMILES string of the molecule is CCCCCCN1CCC(c2ccc(-c3cc(C(=O)OCC)cc4cc(-c5ccc(C(F)(F)F)cc5)ccc34)cc2)CC1. The molecule has 0 aliphatic carbocycles. The Morgan fingerprint density at radius 1 is 0.814 bits per heavy atom. The number of alkyl halides is 3. The highest BCUT2D eigenvalue weighted by molar-refractivity contribution is 6.04. The van der Waals surface area contributed by atoms with Gasteiger partial charge in [-0.05, 0) is 121 Å². The molecule has 0 N–H and O–H groups in total. The number of carbonyl (C=O) groups is 1. The molecule has 5 rings (SSSR count). The van der Waals surface area contributed by atoms with Gasteiger partial charge in [0.15, 0.2) is 0 Å². The average Bonchev–Trinajstić information content (AvgIpc) is 3.02. The number of rotatable bonds is 10. The topological polar surface area (TPSA) is 29.5 Å². The average molecular weight is 588 g/mol. The minimum atomic E-state index is -4.38. The van der Waals surface area contributed by atoms with Crippen LogP contribution in [-0.2, 0) is 10.9 Å². The van der Waals surface area contributed by atoms with Gasteiger partial charge in [0.2, 0.25) is 0 Å². The number of halogens is 3. The van der Waals surface area contributed by atoms with Crippen molar-refractivity contribution >= 4 is 16.7 Å². The van der Waals surface area contributed by atoms with Gasteiger partial charge in [0.1, 0.15) is 0 Å². The van der Waals surface area contributed by atoms with Crippen molar-refractivity contribution < 1.29 is 22.7 Å². The van der Waals surface area contributed by atoms with Crippen LogP contribution < -0.4 is 0 Å². The van der Waals surface area contributed by atoms with Crippen molar-refractivity contribution in [1.82, 2.24) is 4.90 Å². The van der Waals surface area contributed by atoms with E-state index in [0.717, 1.165) is 52.7 Å². The number of carbonyl (C=O) groups excluding carboxylic acids is 1. The number of likely N-dealkylation sites (tertiary alicyclic amines) is 1. The van der Waals surface area contributed by atoms with E-state index in [-0.39, 0.29) is 6.61 Å². The predicted octanol–water partition coefficient (Wildman–Crippen LogP) is 10.1. The quantitative estimate of drug-likeness (QED) is 0.137. The Labute approximate surface area is 252 Å². The first-order valence-electron chi connectivity index (χ1n) is 15.5. The van der Waals surface area contributed by atoms with E-state index in [2.05, 4.69) is 36.1 Å². The summed E-state index contributed by atoms with van der Waals surface area (Å²) in [4.78, 5) is 15.4. The highest BCUT2D eigenvalue weighted by Gasteiger charge is 2.30. The standard InChI is InChI=1S/C37H40F3NO2/c1-3-5-6-7-20-41-21-18-28(19-22-41)26-8-10-29(11-9-26)35-25-32(36(42)43-4-2)24-31-23-30(14-17-34(31)35)27-12-15-33(16-13-27)37(38,39)40/h8-17,23-25,28H,3-7,18-22H2,1-2H3. The van der Waals surface area contributed by atoms with Crippen molar-refractivity contribution in [3.63, 3.8) is 0 Å². The third-order valence-electron chi connectivity index (χ3n) is 8.62. The zero-order chi connectivity index (χ0) is 30.4. The van der Waals surface area contributed by atoms with Gasteiger partial charge in [-0.15, -0.1) is 0 Å². The molecule has 1 aliphatic rings. The molecule has 3 nitrogen and oxygen atoms in total. The van der Waals surface area contributed by atoms with Crippen LogP contribution in [0.3, 0.4) is 0 Å². The molecule has 0 bridgehead atoms. The fraction of sp³-hybridized carbons (Fsp3) is 0.378. The van der Waals surface area contributed by atoms with Crippen molar-refractivity contribution in [1.29, 1.82) is 0 Å². The molecule has 1 heterocycles.